The molecule has 3 aromatic rings. The fourth-order valence-corrected chi connectivity index (χ4v) is 2.51. The summed E-state index contributed by atoms with van der Waals surface area (Å²) < 4.78 is 0. The van der Waals surface area contributed by atoms with Crippen molar-refractivity contribution in [2.45, 2.75) is 13.8 Å². The number of carbonyl (C=O) groups excluding carboxylic acids is 1. The van der Waals surface area contributed by atoms with E-state index in [0.29, 0.717) is 11.4 Å². The maximum Gasteiger partial charge on any atom is 0.189 e. The molecule has 0 amide bonds. The smallest absolute Gasteiger partial charge is 0.189 e. The van der Waals surface area contributed by atoms with E-state index in [1.807, 2.05) is 92.7 Å². The molecule has 0 unspecified atom stereocenters. The molecular weight excluding hydrogens is 320 g/mol. The number of hydrogen-bond donors (Lipinski definition) is 2. The number of nitrogens with one attached hydrogen (secondary N) is 2. The first-order chi connectivity index (χ1) is 12.6. The molecule has 3 rings (SSSR count). The zero-order valence-electron chi connectivity index (χ0n) is 15.0. The second-order valence-corrected chi connectivity index (χ2v) is 6.27. The highest BCUT2D eigenvalue weighted by atomic mass is 16.1. The second kappa shape index (κ2) is 8.17. The van der Waals surface area contributed by atoms with E-state index in [2.05, 4.69) is 10.6 Å². The van der Waals surface area contributed by atoms with Crippen LogP contribution in [0.2, 0.25) is 0 Å². The van der Waals surface area contributed by atoms with Gasteiger partial charge in [-0.2, -0.15) is 0 Å². The lowest BCUT2D eigenvalue weighted by Gasteiger charge is -2.14. The molecule has 130 valence electrons. The maximum atomic E-state index is 12.6. The third kappa shape index (κ3) is 4.84. The number of allylic oxidation sites excluding steroid dienone is 1. The van der Waals surface area contributed by atoms with E-state index in [4.69, 9.17) is 0 Å². The molecule has 0 radical (unpaired) electrons. The molecule has 0 atom stereocenters. The molecule has 0 spiro atoms. The van der Waals surface area contributed by atoms with Crippen molar-refractivity contribution >= 4 is 17.2 Å². The molecule has 0 aliphatic rings. The second-order valence-electron chi connectivity index (χ2n) is 6.27. The van der Waals surface area contributed by atoms with Gasteiger partial charge in [0.1, 0.15) is 5.82 Å². The van der Waals surface area contributed by atoms with Crippen LogP contribution in [0.5, 0.6) is 0 Å². The van der Waals surface area contributed by atoms with E-state index in [-0.39, 0.29) is 5.78 Å². The Morgan fingerprint density at radius 3 is 1.62 bits per heavy atom. The van der Waals surface area contributed by atoms with Gasteiger partial charge >= 0.3 is 0 Å². The molecule has 3 aromatic carbocycles. The Balaban J connectivity index is 1.87. The van der Waals surface area contributed by atoms with Crippen molar-refractivity contribution in [3.8, 4) is 0 Å². The molecule has 0 fully saturated rings. The SMILES string of the molecule is Cc1ccc(NC(=CC(=O)c2ccccc2)Nc2ccc(C)cc2)cc1. The van der Waals surface area contributed by atoms with Crippen LogP contribution in [0.4, 0.5) is 11.4 Å². The first-order valence-corrected chi connectivity index (χ1v) is 8.58. The van der Waals surface area contributed by atoms with Gasteiger partial charge in [0.15, 0.2) is 5.78 Å². The predicted molar refractivity (Wildman–Crippen MR) is 108 cm³/mol. The van der Waals surface area contributed by atoms with Gasteiger partial charge in [-0.15, -0.1) is 0 Å². The summed E-state index contributed by atoms with van der Waals surface area (Å²) in [6.07, 6.45) is 1.59. The van der Waals surface area contributed by atoms with E-state index < -0.39 is 0 Å². The Bertz CT molecular complexity index is 846. The first kappa shape index (κ1) is 17.5. The van der Waals surface area contributed by atoms with Crippen molar-refractivity contribution in [2.24, 2.45) is 0 Å². The molecule has 0 aliphatic heterocycles. The van der Waals surface area contributed by atoms with Crippen LogP contribution in [0.15, 0.2) is 90.8 Å². The van der Waals surface area contributed by atoms with Crippen molar-refractivity contribution in [3.05, 3.63) is 107 Å². The number of carbonyl (C=O) groups is 1. The number of hydrogen-bond acceptors (Lipinski definition) is 3. The highest BCUT2D eigenvalue weighted by Gasteiger charge is 2.06. The van der Waals surface area contributed by atoms with Crippen LogP contribution in [-0.4, -0.2) is 5.78 Å². The van der Waals surface area contributed by atoms with E-state index in [1.54, 1.807) is 6.08 Å². The van der Waals surface area contributed by atoms with Crippen LogP contribution in [0.1, 0.15) is 21.5 Å². The normalized spacial score (nSPS) is 10.1. The summed E-state index contributed by atoms with van der Waals surface area (Å²) in [7, 11) is 0. The molecule has 3 heteroatoms. The lowest BCUT2D eigenvalue weighted by atomic mass is 10.1. The topological polar surface area (TPSA) is 41.1 Å². The summed E-state index contributed by atoms with van der Waals surface area (Å²) in [6, 6.07) is 25.4. The highest BCUT2D eigenvalue weighted by Crippen LogP contribution is 2.16. The number of benzene rings is 3. The molecule has 0 saturated carbocycles. The first-order valence-electron chi connectivity index (χ1n) is 8.58. The molecule has 0 bridgehead atoms. The van der Waals surface area contributed by atoms with Gasteiger partial charge in [-0.3, -0.25) is 4.79 Å². The minimum Gasteiger partial charge on any atom is -0.342 e. The Labute approximate surface area is 154 Å². The van der Waals surface area contributed by atoms with Gasteiger partial charge in [0.2, 0.25) is 0 Å². The average molecular weight is 342 g/mol. The van der Waals surface area contributed by atoms with Gasteiger partial charge in [0, 0.05) is 23.0 Å². The Morgan fingerprint density at radius 2 is 1.15 bits per heavy atom. The quantitative estimate of drug-likeness (QED) is 0.456. The Morgan fingerprint density at radius 1 is 0.692 bits per heavy atom. The fraction of sp³-hybridized carbons (Fsp3) is 0.0870. The molecule has 26 heavy (non-hydrogen) atoms. The molecular formula is C23H22N2O. The van der Waals surface area contributed by atoms with Gasteiger partial charge in [0.05, 0.1) is 0 Å². The van der Waals surface area contributed by atoms with Crippen LogP contribution < -0.4 is 10.6 Å². The van der Waals surface area contributed by atoms with E-state index in [1.165, 1.54) is 11.1 Å². The molecule has 0 heterocycles. The predicted octanol–water partition coefficient (Wildman–Crippen LogP) is 5.55. The zero-order valence-corrected chi connectivity index (χ0v) is 15.0. The largest absolute Gasteiger partial charge is 0.342 e. The van der Waals surface area contributed by atoms with Crippen molar-refractivity contribution < 1.29 is 4.79 Å². The van der Waals surface area contributed by atoms with Crippen LogP contribution in [0.3, 0.4) is 0 Å². The van der Waals surface area contributed by atoms with Gasteiger partial charge in [-0.1, -0.05) is 65.7 Å². The van der Waals surface area contributed by atoms with Crippen LogP contribution in [0.25, 0.3) is 0 Å². The van der Waals surface area contributed by atoms with Gasteiger partial charge < -0.3 is 10.6 Å². The standard InChI is InChI=1S/C23H22N2O/c1-17-8-12-20(13-9-17)24-23(25-21-14-10-18(2)11-15-21)16-22(26)19-6-4-3-5-7-19/h3-16,24-25H,1-2H3. The highest BCUT2D eigenvalue weighted by molar-refractivity contribution is 6.05. The lowest BCUT2D eigenvalue weighted by molar-refractivity contribution is 0.104. The average Bonchev–Trinajstić information content (AvgIpc) is 2.66. The van der Waals surface area contributed by atoms with E-state index >= 15 is 0 Å². The lowest BCUT2D eigenvalue weighted by Crippen LogP contribution is -2.12. The number of aryl methyl sites for hydroxylation is 2. The van der Waals surface area contributed by atoms with E-state index in [0.717, 1.165) is 11.4 Å². The fourth-order valence-electron chi connectivity index (χ4n) is 2.51. The third-order valence-electron chi connectivity index (χ3n) is 3.99. The zero-order chi connectivity index (χ0) is 18.4. The van der Waals surface area contributed by atoms with Crippen molar-refractivity contribution in [1.29, 1.82) is 0 Å². The number of anilines is 2. The third-order valence-corrected chi connectivity index (χ3v) is 3.99. The molecule has 0 aliphatic carbocycles. The summed E-state index contributed by atoms with van der Waals surface area (Å²) in [4.78, 5) is 12.6. The summed E-state index contributed by atoms with van der Waals surface area (Å²) in [5.74, 6) is 0.575. The van der Waals surface area contributed by atoms with Crippen LogP contribution in [-0.2, 0) is 0 Å². The van der Waals surface area contributed by atoms with Gasteiger partial charge in [-0.25, -0.2) is 0 Å². The van der Waals surface area contributed by atoms with E-state index in [9.17, 15) is 4.79 Å². The van der Waals surface area contributed by atoms with Crippen molar-refractivity contribution in [1.82, 2.24) is 0 Å². The summed E-state index contributed by atoms with van der Waals surface area (Å²) in [5.41, 5.74) is 4.87. The van der Waals surface area contributed by atoms with Crippen LogP contribution in [0, 0.1) is 13.8 Å². The van der Waals surface area contributed by atoms with Gasteiger partial charge in [0.25, 0.3) is 0 Å². The summed E-state index contributed by atoms with van der Waals surface area (Å²) in [6.45, 7) is 4.09. The van der Waals surface area contributed by atoms with Crippen molar-refractivity contribution in [2.75, 3.05) is 10.6 Å². The minimum absolute atomic E-state index is 0.0557. The van der Waals surface area contributed by atoms with Gasteiger partial charge in [-0.05, 0) is 38.1 Å². The maximum absolute atomic E-state index is 12.6. The van der Waals surface area contributed by atoms with Crippen molar-refractivity contribution in [3.63, 3.8) is 0 Å². The number of rotatable bonds is 6. The molecule has 0 aromatic heterocycles. The molecule has 2 N–H and O–H groups in total. The Hall–Kier alpha value is -3.33. The monoisotopic (exact) mass is 342 g/mol. The minimum atomic E-state index is -0.0557. The van der Waals surface area contributed by atoms with Crippen LogP contribution >= 0.6 is 0 Å². The summed E-state index contributed by atoms with van der Waals surface area (Å²) in [5, 5.41) is 6.60. The Kier molecular flexibility index (Phi) is 5.49. The summed E-state index contributed by atoms with van der Waals surface area (Å²) >= 11 is 0. The molecule has 0 saturated heterocycles. The number of ketones is 1. The molecule has 3 nitrogen and oxygen atoms in total.